The maximum atomic E-state index is 13.4. The normalized spacial score (nSPS) is 18.7. The highest BCUT2D eigenvalue weighted by Gasteiger charge is 2.52. The van der Waals surface area contributed by atoms with E-state index in [2.05, 4.69) is 26.6 Å². The van der Waals surface area contributed by atoms with Crippen LogP contribution in [0, 0.1) is 5.82 Å². The summed E-state index contributed by atoms with van der Waals surface area (Å²) in [7, 11) is 0. The monoisotopic (exact) mass is 461 g/mol. The molecule has 2 N–H and O–H groups in total. The Morgan fingerprint density at radius 2 is 1.79 bits per heavy atom. The molecule has 1 fully saturated rings. The lowest BCUT2D eigenvalue weighted by atomic mass is 9.85. The first kappa shape index (κ1) is 21.0. The average Bonchev–Trinajstić information content (AvgIpc) is 2.94. The van der Waals surface area contributed by atoms with Gasteiger partial charge < -0.3 is 10.6 Å². The van der Waals surface area contributed by atoms with E-state index >= 15 is 0 Å². The summed E-state index contributed by atoms with van der Waals surface area (Å²) in [6.07, 6.45) is 1.86. The predicted molar refractivity (Wildman–Crippen MR) is 111 cm³/mol. The van der Waals surface area contributed by atoms with Gasteiger partial charge in [0.2, 0.25) is 5.91 Å². The summed E-state index contributed by atoms with van der Waals surface area (Å²) in [5.41, 5.74) is -0.235. The maximum Gasteiger partial charge on any atom is 0.325 e. The van der Waals surface area contributed by atoms with Gasteiger partial charge in [-0.15, -0.1) is 0 Å². The topological polar surface area (TPSA) is 78.5 Å². The van der Waals surface area contributed by atoms with E-state index in [0.717, 1.165) is 15.8 Å². The Kier molecular flexibility index (Phi) is 6.32. The van der Waals surface area contributed by atoms with Crippen LogP contribution in [-0.2, 0) is 15.1 Å². The number of rotatable bonds is 7. The highest BCUT2D eigenvalue weighted by Crippen LogP contribution is 2.34. The second-order valence-electron chi connectivity index (χ2n) is 6.89. The van der Waals surface area contributed by atoms with Crippen molar-refractivity contribution in [3.8, 4) is 0 Å². The van der Waals surface area contributed by atoms with Gasteiger partial charge in [-0.3, -0.25) is 14.5 Å². The lowest BCUT2D eigenvalue weighted by Crippen LogP contribution is -2.44. The van der Waals surface area contributed by atoms with Crippen molar-refractivity contribution < 1.29 is 18.8 Å². The van der Waals surface area contributed by atoms with Crippen molar-refractivity contribution in [2.24, 2.45) is 0 Å². The van der Waals surface area contributed by atoms with E-state index in [-0.39, 0.29) is 0 Å². The zero-order valence-corrected chi connectivity index (χ0v) is 17.5. The van der Waals surface area contributed by atoms with Crippen molar-refractivity contribution in [3.63, 3.8) is 0 Å². The van der Waals surface area contributed by atoms with E-state index in [1.165, 1.54) is 24.3 Å². The van der Waals surface area contributed by atoms with Crippen molar-refractivity contribution in [3.05, 3.63) is 64.4 Å². The zero-order chi connectivity index (χ0) is 21.0. The molecule has 0 bridgehead atoms. The molecule has 2 aromatic rings. The average molecular weight is 462 g/mol. The molecule has 1 unspecified atom stereocenters. The van der Waals surface area contributed by atoms with Crippen LogP contribution in [-0.4, -0.2) is 29.3 Å². The number of benzene rings is 2. The van der Waals surface area contributed by atoms with Gasteiger partial charge in [-0.2, -0.15) is 0 Å². The number of imide groups is 1. The number of unbranched alkanes of at least 4 members (excludes halogenated alkanes) is 1. The minimum absolute atomic E-state index is 0.366. The second kappa shape index (κ2) is 8.73. The Hall–Kier alpha value is -2.74. The van der Waals surface area contributed by atoms with Crippen LogP contribution >= 0.6 is 15.9 Å². The molecule has 1 aliphatic rings. The van der Waals surface area contributed by atoms with Gasteiger partial charge in [-0.25, -0.2) is 9.18 Å². The van der Waals surface area contributed by atoms with Crippen molar-refractivity contribution in [2.75, 3.05) is 11.9 Å². The molecule has 0 aliphatic carbocycles. The van der Waals surface area contributed by atoms with Crippen molar-refractivity contribution in [2.45, 2.75) is 31.7 Å². The number of nitrogens with one attached hydrogen (secondary N) is 2. The summed E-state index contributed by atoms with van der Waals surface area (Å²) >= 11 is 3.32. The van der Waals surface area contributed by atoms with Crippen LogP contribution in [0.5, 0.6) is 0 Å². The number of carbonyl (C=O) groups excluding carboxylic acids is 3. The molecule has 2 aromatic carbocycles. The first-order chi connectivity index (χ1) is 13.9. The first-order valence-corrected chi connectivity index (χ1v) is 10.1. The predicted octanol–water partition coefficient (Wildman–Crippen LogP) is 4.16. The zero-order valence-electron chi connectivity index (χ0n) is 15.9. The SMILES string of the molecule is CCCCC1(c2ccc(F)cc2)NC(=O)N(CC(=O)Nc2ccc(Br)cc2)C1=O. The van der Waals surface area contributed by atoms with Crippen LogP contribution in [0.25, 0.3) is 0 Å². The fourth-order valence-electron chi connectivity index (χ4n) is 3.33. The lowest BCUT2D eigenvalue weighted by Gasteiger charge is -2.27. The Morgan fingerprint density at radius 3 is 2.41 bits per heavy atom. The molecule has 1 saturated heterocycles. The molecular weight excluding hydrogens is 441 g/mol. The van der Waals surface area contributed by atoms with Gasteiger partial charge in [-0.05, 0) is 48.4 Å². The number of halogens is 2. The summed E-state index contributed by atoms with van der Waals surface area (Å²) in [6.45, 7) is 1.57. The van der Waals surface area contributed by atoms with Crippen LogP contribution < -0.4 is 10.6 Å². The standard InChI is InChI=1S/C21H21BrFN3O3/c1-2-3-12-21(14-4-8-16(23)9-5-14)19(28)26(20(29)25-21)13-18(27)24-17-10-6-15(22)7-11-17/h4-11H,2-3,12-13H2,1H3,(H,24,27)(H,25,29). The number of anilines is 1. The number of amides is 4. The van der Waals surface area contributed by atoms with Crippen molar-refractivity contribution >= 4 is 39.5 Å². The maximum absolute atomic E-state index is 13.4. The van der Waals surface area contributed by atoms with Gasteiger partial charge in [0.15, 0.2) is 0 Å². The van der Waals surface area contributed by atoms with E-state index in [1.54, 1.807) is 24.3 Å². The molecule has 4 amide bonds. The molecule has 6 nitrogen and oxygen atoms in total. The molecule has 0 aromatic heterocycles. The molecule has 29 heavy (non-hydrogen) atoms. The van der Waals surface area contributed by atoms with Gasteiger partial charge in [0, 0.05) is 10.2 Å². The third-order valence-corrected chi connectivity index (χ3v) is 5.38. The van der Waals surface area contributed by atoms with Gasteiger partial charge in [-0.1, -0.05) is 47.8 Å². The summed E-state index contributed by atoms with van der Waals surface area (Å²) < 4.78 is 14.2. The minimum Gasteiger partial charge on any atom is -0.325 e. The molecule has 1 heterocycles. The largest absolute Gasteiger partial charge is 0.325 e. The lowest BCUT2D eigenvalue weighted by molar-refractivity contribution is -0.134. The Bertz CT molecular complexity index is 918. The van der Waals surface area contributed by atoms with Crippen LogP contribution in [0.4, 0.5) is 14.9 Å². The number of hydrogen-bond donors (Lipinski definition) is 2. The minimum atomic E-state index is -1.29. The summed E-state index contributed by atoms with van der Waals surface area (Å²) in [6, 6.07) is 11.8. The third-order valence-electron chi connectivity index (χ3n) is 4.85. The molecule has 8 heteroatoms. The summed E-state index contributed by atoms with van der Waals surface area (Å²) in [4.78, 5) is 39.1. The number of hydrogen-bond acceptors (Lipinski definition) is 3. The summed E-state index contributed by atoms with van der Waals surface area (Å²) in [5.74, 6) is -1.42. The van der Waals surface area contributed by atoms with Crippen molar-refractivity contribution in [1.82, 2.24) is 10.2 Å². The van der Waals surface area contributed by atoms with E-state index in [0.29, 0.717) is 24.1 Å². The van der Waals surface area contributed by atoms with Gasteiger partial charge in [0.25, 0.3) is 5.91 Å². The van der Waals surface area contributed by atoms with Crippen LogP contribution in [0.2, 0.25) is 0 Å². The van der Waals surface area contributed by atoms with E-state index < -0.39 is 35.7 Å². The molecule has 0 saturated carbocycles. The molecule has 0 radical (unpaired) electrons. The third kappa shape index (κ3) is 4.48. The van der Waals surface area contributed by atoms with Crippen LogP contribution in [0.15, 0.2) is 53.0 Å². The summed E-state index contributed by atoms with van der Waals surface area (Å²) in [5, 5.41) is 5.41. The first-order valence-electron chi connectivity index (χ1n) is 9.31. The van der Waals surface area contributed by atoms with E-state index in [9.17, 15) is 18.8 Å². The van der Waals surface area contributed by atoms with E-state index in [1.807, 2.05) is 6.92 Å². The van der Waals surface area contributed by atoms with Crippen LogP contribution in [0.3, 0.4) is 0 Å². The van der Waals surface area contributed by atoms with Gasteiger partial charge >= 0.3 is 6.03 Å². The molecular formula is C21H21BrFN3O3. The quantitative estimate of drug-likeness (QED) is 0.607. The molecule has 0 spiro atoms. The smallest absolute Gasteiger partial charge is 0.325 e. The highest BCUT2D eigenvalue weighted by atomic mass is 79.9. The second-order valence-corrected chi connectivity index (χ2v) is 7.81. The van der Waals surface area contributed by atoms with Crippen LogP contribution in [0.1, 0.15) is 31.7 Å². The molecule has 152 valence electrons. The van der Waals surface area contributed by atoms with Crippen molar-refractivity contribution in [1.29, 1.82) is 0 Å². The number of carbonyl (C=O) groups is 3. The Labute approximate surface area is 176 Å². The molecule has 3 rings (SSSR count). The fraction of sp³-hybridized carbons (Fsp3) is 0.286. The van der Waals surface area contributed by atoms with E-state index in [4.69, 9.17) is 0 Å². The number of nitrogens with zero attached hydrogens (tertiary/aromatic N) is 1. The fourth-order valence-corrected chi connectivity index (χ4v) is 3.60. The van der Waals surface area contributed by atoms with Gasteiger partial charge in [0.1, 0.15) is 17.9 Å². The highest BCUT2D eigenvalue weighted by molar-refractivity contribution is 9.10. The molecule has 1 atom stereocenters. The Morgan fingerprint density at radius 1 is 1.14 bits per heavy atom. The molecule has 1 aliphatic heterocycles. The van der Waals surface area contributed by atoms with Gasteiger partial charge in [0.05, 0.1) is 0 Å². The number of urea groups is 1. The Balaban J connectivity index is 1.80.